The van der Waals surface area contributed by atoms with Crippen molar-refractivity contribution < 1.29 is 0 Å². The van der Waals surface area contributed by atoms with Crippen LogP contribution in [0.5, 0.6) is 0 Å². The lowest BCUT2D eigenvalue weighted by atomic mass is 9.95. The monoisotopic (exact) mass is 190 g/mol. The maximum atomic E-state index is 5.47. The third-order valence-corrected chi connectivity index (χ3v) is 2.25. The average Bonchev–Trinajstić information content (AvgIpc) is 2.18. The quantitative estimate of drug-likeness (QED) is 0.567. The van der Waals surface area contributed by atoms with Crippen LogP contribution in [0, 0.1) is 0 Å². The molecule has 0 saturated carbocycles. The van der Waals surface area contributed by atoms with E-state index >= 15 is 0 Å². The van der Waals surface area contributed by atoms with Gasteiger partial charge in [0.25, 0.3) is 0 Å². The molecule has 1 aromatic carbocycles. The molecule has 2 nitrogen and oxygen atoms in total. The minimum absolute atomic E-state index is 0.509. The highest BCUT2D eigenvalue weighted by Gasteiger charge is 2.07. The summed E-state index contributed by atoms with van der Waals surface area (Å²) in [5.74, 6) is 5.97. The summed E-state index contributed by atoms with van der Waals surface area (Å²) >= 11 is 0. The number of hydrazine groups is 1. The van der Waals surface area contributed by atoms with Gasteiger partial charge in [0, 0.05) is 5.56 Å². The second kappa shape index (κ2) is 4.82. The Bertz CT molecular complexity index is 327. The van der Waals surface area contributed by atoms with Crippen molar-refractivity contribution >= 4 is 11.8 Å². The van der Waals surface area contributed by atoms with Gasteiger partial charge in [-0.2, -0.15) is 0 Å². The van der Waals surface area contributed by atoms with Crippen LogP contribution in [0.15, 0.2) is 24.3 Å². The molecular formula is C12H18N2. The molecule has 3 N–H and O–H groups in total. The summed E-state index contributed by atoms with van der Waals surface area (Å²) in [7, 11) is 0. The Kier molecular flexibility index (Phi) is 3.72. The molecule has 0 aliphatic heterocycles. The van der Waals surface area contributed by atoms with Crippen LogP contribution in [0.2, 0.25) is 0 Å². The van der Waals surface area contributed by atoms with E-state index in [0.29, 0.717) is 5.92 Å². The fourth-order valence-corrected chi connectivity index (χ4v) is 1.57. The average molecular weight is 190 g/mol. The van der Waals surface area contributed by atoms with Gasteiger partial charge in [-0.3, -0.25) is 5.84 Å². The molecule has 2 heteroatoms. The Morgan fingerprint density at radius 2 is 2.07 bits per heavy atom. The van der Waals surface area contributed by atoms with Gasteiger partial charge in [-0.25, -0.2) is 0 Å². The second-order valence-corrected chi connectivity index (χ2v) is 3.61. The van der Waals surface area contributed by atoms with E-state index in [1.54, 1.807) is 0 Å². The second-order valence-electron chi connectivity index (χ2n) is 3.61. The van der Waals surface area contributed by atoms with Crippen LogP contribution in [-0.4, -0.2) is 0 Å². The van der Waals surface area contributed by atoms with Crippen molar-refractivity contribution in [1.82, 2.24) is 0 Å². The standard InChI is InChI=1S/C12H18N2/c1-4-6-11-10(9(2)3)7-5-8-12(11)14-13/h4-9,14H,13H2,1-3H3/b6-4-. The van der Waals surface area contributed by atoms with Crippen molar-refractivity contribution in [1.29, 1.82) is 0 Å². The molecule has 14 heavy (non-hydrogen) atoms. The van der Waals surface area contributed by atoms with E-state index < -0.39 is 0 Å². The van der Waals surface area contributed by atoms with Crippen LogP contribution in [0.3, 0.4) is 0 Å². The van der Waals surface area contributed by atoms with Crippen molar-refractivity contribution in [2.24, 2.45) is 5.84 Å². The zero-order chi connectivity index (χ0) is 10.6. The number of nitrogen functional groups attached to an aromatic ring is 1. The minimum Gasteiger partial charge on any atom is -0.324 e. The molecule has 0 unspecified atom stereocenters. The Labute approximate surface area is 85.8 Å². The van der Waals surface area contributed by atoms with E-state index in [0.717, 1.165) is 5.69 Å². The van der Waals surface area contributed by atoms with E-state index in [1.807, 2.05) is 25.1 Å². The summed E-state index contributed by atoms with van der Waals surface area (Å²) in [6, 6.07) is 6.15. The molecule has 0 amide bonds. The van der Waals surface area contributed by atoms with E-state index in [4.69, 9.17) is 5.84 Å². The van der Waals surface area contributed by atoms with Gasteiger partial charge >= 0.3 is 0 Å². The number of nitrogens with two attached hydrogens (primary N) is 1. The van der Waals surface area contributed by atoms with Crippen LogP contribution < -0.4 is 11.3 Å². The molecule has 76 valence electrons. The van der Waals surface area contributed by atoms with Crippen LogP contribution in [0.1, 0.15) is 37.8 Å². The lowest BCUT2D eigenvalue weighted by Gasteiger charge is -2.13. The number of anilines is 1. The Balaban J connectivity index is 3.27. The SMILES string of the molecule is C/C=C\c1c(NN)cccc1C(C)C. The highest BCUT2D eigenvalue weighted by molar-refractivity contribution is 5.69. The topological polar surface area (TPSA) is 38.0 Å². The number of nitrogens with one attached hydrogen (secondary N) is 1. The Morgan fingerprint density at radius 1 is 1.36 bits per heavy atom. The smallest absolute Gasteiger partial charge is 0.0560 e. The zero-order valence-electron chi connectivity index (χ0n) is 9.04. The summed E-state index contributed by atoms with van der Waals surface area (Å²) in [5.41, 5.74) is 6.21. The fraction of sp³-hybridized carbons (Fsp3) is 0.333. The predicted octanol–water partition coefficient (Wildman–Crippen LogP) is 3.13. The van der Waals surface area contributed by atoms with Gasteiger partial charge in [0.2, 0.25) is 0 Å². The molecule has 0 bridgehead atoms. The summed E-state index contributed by atoms with van der Waals surface area (Å²) in [5, 5.41) is 0. The molecule has 1 aromatic rings. The normalized spacial score (nSPS) is 11.2. The Hall–Kier alpha value is -1.28. The molecule has 1 rings (SSSR count). The third-order valence-electron chi connectivity index (χ3n) is 2.25. The molecule has 0 saturated heterocycles. The van der Waals surface area contributed by atoms with Crippen LogP contribution >= 0.6 is 0 Å². The van der Waals surface area contributed by atoms with Gasteiger partial charge in [-0.15, -0.1) is 0 Å². The first-order valence-electron chi connectivity index (χ1n) is 4.93. The van der Waals surface area contributed by atoms with Gasteiger partial charge < -0.3 is 5.43 Å². The van der Waals surface area contributed by atoms with Crippen molar-refractivity contribution in [3.63, 3.8) is 0 Å². The number of allylic oxidation sites excluding steroid dienone is 1. The molecule has 0 aliphatic carbocycles. The summed E-state index contributed by atoms with van der Waals surface area (Å²) in [6.45, 7) is 6.38. The molecule has 0 radical (unpaired) electrons. The van der Waals surface area contributed by atoms with Crippen molar-refractivity contribution in [2.45, 2.75) is 26.7 Å². The predicted molar refractivity (Wildman–Crippen MR) is 63.0 cm³/mol. The number of hydrogen-bond donors (Lipinski definition) is 2. The first kappa shape index (κ1) is 10.8. The van der Waals surface area contributed by atoms with Gasteiger partial charge in [0.05, 0.1) is 5.69 Å². The summed E-state index contributed by atoms with van der Waals surface area (Å²) in [4.78, 5) is 0. The van der Waals surface area contributed by atoms with E-state index in [9.17, 15) is 0 Å². The van der Waals surface area contributed by atoms with Gasteiger partial charge in [0.1, 0.15) is 0 Å². The zero-order valence-corrected chi connectivity index (χ0v) is 9.04. The van der Waals surface area contributed by atoms with Crippen molar-refractivity contribution in [3.05, 3.63) is 35.4 Å². The molecule has 0 spiro atoms. The minimum atomic E-state index is 0.509. The molecule has 0 aromatic heterocycles. The molecule has 0 atom stereocenters. The third kappa shape index (κ3) is 2.15. The maximum Gasteiger partial charge on any atom is 0.0560 e. The van der Waals surface area contributed by atoms with Crippen molar-refractivity contribution in [2.75, 3.05) is 5.43 Å². The van der Waals surface area contributed by atoms with E-state index in [2.05, 4.69) is 31.4 Å². The van der Waals surface area contributed by atoms with E-state index in [-0.39, 0.29) is 0 Å². The van der Waals surface area contributed by atoms with Gasteiger partial charge in [-0.1, -0.05) is 38.1 Å². The van der Waals surface area contributed by atoms with Crippen molar-refractivity contribution in [3.8, 4) is 0 Å². The summed E-state index contributed by atoms with van der Waals surface area (Å²) in [6.07, 6.45) is 4.12. The van der Waals surface area contributed by atoms with Gasteiger partial charge in [0.15, 0.2) is 0 Å². The first-order valence-corrected chi connectivity index (χ1v) is 4.93. The van der Waals surface area contributed by atoms with Gasteiger partial charge in [-0.05, 0) is 24.5 Å². The number of hydrogen-bond acceptors (Lipinski definition) is 2. The maximum absolute atomic E-state index is 5.47. The molecule has 0 heterocycles. The summed E-state index contributed by atoms with van der Waals surface area (Å²) < 4.78 is 0. The molecular weight excluding hydrogens is 172 g/mol. The van der Waals surface area contributed by atoms with Crippen LogP contribution in [0.4, 0.5) is 5.69 Å². The Morgan fingerprint density at radius 3 is 2.57 bits per heavy atom. The molecule has 0 aliphatic rings. The highest BCUT2D eigenvalue weighted by atomic mass is 15.2. The van der Waals surface area contributed by atoms with Crippen LogP contribution in [0.25, 0.3) is 6.08 Å². The first-order chi connectivity index (χ1) is 6.70. The highest BCUT2D eigenvalue weighted by Crippen LogP contribution is 2.26. The fourth-order valence-electron chi connectivity index (χ4n) is 1.57. The lowest BCUT2D eigenvalue weighted by Crippen LogP contribution is -2.09. The largest absolute Gasteiger partial charge is 0.324 e. The lowest BCUT2D eigenvalue weighted by molar-refractivity contribution is 0.864. The van der Waals surface area contributed by atoms with Crippen LogP contribution in [-0.2, 0) is 0 Å². The number of rotatable bonds is 3. The molecule has 0 fully saturated rings. The number of benzene rings is 1. The van der Waals surface area contributed by atoms with E-state index in [1.165, 1.54) is 11.1 Å².